The number of amides is 1. The molecule has 3 aromatic heterocycles. The first kappa shape index (κ1) is 20.6. The molecule has 162 valence electrons. The number of aromatic nitrogens is 3. The summed E-state index contributed by atoms with van der Waals surface area (Å²) < 4.78 is 1.73. The predicted octanol–water partition coefficient (Wildman–Crippen LogP) is 4.64. The zero-order valence-electron chi connectivity index (χ0n) is 17.7. The van der Waals surface area contributed by atoms with Gasteiger partial charge in [0.2, 0.25) is 0 Å². The van der Waals surface area contributed by atoms with E-state index in [0.717, 1.165) is 43.2 Å². The number of nitrogens with zero attached hydrogens (tertiary/aromatic N) is 5. The lowest BCUT2D eigenvalue weighted by atomic mass is 10.0. The van der Waals surface area contributed by atoms with E-state index in [9.17, 15) is 4.79 Å². The minimum atomic E-state index is 0.0211. The highest BCUT2D eigenvalue weighted by molar-refractivity contribution is 7.12. The molecule has 1 fully saturated rings. The Morgan fingerprint density at radius 3 is 2.53 bits per heavy atom. The van der Waals surface area contributed by atoms with E-state index >= 15 is 0 Å². The number of piperidine rings is 1. The summed E-state index contributed by atoms with van der Waals surface area (Å²) in [4.78, 5) is 23.0. The molecule has 32 heavy (non-hydrogen) atoms. The highest BCUT2D eigenvalue weighted by Gasteiger charge is 2.31. The van der Waals surface area contributed by atoms with E-state index in [0.29, 0.717) is 5.82 Å². The van der Waals surface area contributed by atoms with Crippen molar-refractivity contribution in [3.8, 4) is 5.82 Å². The largest absolute Gasteiger partial charge is 0.299 e. The molecule has 5 rings (SSSR count). The number of thiophene rings is 1. The Balaban J connectivity index is 1.36. The summed E-state index contributed by atoms with van der Waals surface area (Å²) in [6.45, 7) is 2.85. The van der Waals surface area contributed by atoms with Crippen molar-refractivity contribution in [1.29, 1.82) is 0 Å². The van der Waals surface area contributed by atoms with Gasteiger partial charge in [-0.15, -0.1) is 16.4 Å². The highest BCUT2D eigenvalue weighted by atomic mass is 32.1. The molecule has 0 aliphatic carbocycles. The SMILES string of the molecule is O=C(c1cccs1)N(c1ccn(-c2ccccn2)n1)C1CCN(Cc2ccccc2)CC1. The van der Waals surface area contributed by atoms with Gasteiger partial charge >= 0.3 is 0 Å². The van der Waals surface area contributed by atoms with Gasteiger partial charge < -0.3 is 0 Å². The van der Waals surface area contributed by atoms with Gasteiger partial charge in [-0.25, -0.2) is 9.67 Å². The Morgan fingerprint density at radius 1 is 1.00 bits per heavy atom. The molecule has 0 N–H and O–H groups in total. The number of pyridine rings is 1. The lowest BCUT2D eigenvalue weighted by molar-refractivity contribution is 0.0961. The van der Waals surface area contributed by atoms with E-state index in [2.05, 4.69) is 34.1 Å². The standard InChI is InChI=1S/C25H25N5OS/c31-25(22-9-6-18-32-22)30(24-13-17-29(27-24)23-10-4-5-14-26-23)21-11-15-28(16-12-21)19-20-7-2-1-3-8-20/h1-10,13-14,17-18,21H,11-12,15-16,19H2. The predicted molar refractivity (Wildman–Crippen MR) is 127 cm³/mol. The number of rotatable bonds is 6. The van der Waals surface area contributed by atoms with Crippen LogP contribution in [0.3, 0.4) is 0 Å². The third-order valence-corrected chi connectivity index (χ3v) is 6.69. The Kier molecular flexibility index (Phi) is 6.09. The third kappa shape index (κ3) is 4.49. The molecule has 0 bridgehead atoms. The first-order chi connectivity index (χ1) is 15.8. The van der Waals surface area contributed by atoms with E-state index in [1.807, 2.05) is 58.9 Å². The number of likely N-dealkylation sites (tertiary alicyclic amines) is 1. The van der Waals surface area contributed by atoms with Gasteiger partial charge in [-0.3, -0.25) is 14.6 Å². The maximum absolute atomic E-state index is 13.5. The summed E-state index contributed by atoms with van der Waals surface area (Å²) in [7, 11) is 0. The van der Waals surface area contributed by atoms with Crippen LogP contribution in [0.2, 0.25) is 0 Å². The van der Waals surface area contributed by atoms with Crippen LogP contribution in [0.15, 0.2) is 84.5 Å². The molecular weight excluding hydrogens is 418 g/mol. The van der Waals surface area contributed by atoms with Crippen LogP contribution in [0.25, 0.3) is 5.82 Å². The maximum atomic E-state index is 13.5. The Bertz CT molecular complexity index is 1140. The van der Waals surface area contributed by atoms with Crippen molar-refractivity contribution in [3.63, 3.8) is 0 Å². The zero-order valence-corrected chi connectivity index (χ0v) is 18.6. The second-order valence-corrected chi connectivity index (χ2v) is 8.90. The molecule has 0 spiro atoms. The summed E-state index contributed by atoms with van der Waals surface area (Å²) in [5.41, 5.74) is 1.33. The molecule has 0 unspecified atom stereocenters. The first-order valence-electron chi connectivity index (χ1n) is 10.9. The van der Waals surface area contributed by atoms with E-state index in [1.54, 1.807) is 10.9 Å². The smallest absolute Gasteiger partial charge is 0.269 e. The average molecular weight is 444 g/mol. The van der Waals surface area contributed by atoms with Crippen LogP contribution in [0.5, 0.6) is 0 Å². The molecule has 1 aromatic carbocycles. The lowest BCUT2D eigenvalue weighted by Crippen LogP contribution is -2.47. The number of carbonyl (C=O) groups is 1. The molecule has 1 amide bonds. The molecule has 1 aliphatic heterocycles. The van der Waals surface area contributed by atoms with Crippen molar-refractivity contribution in [2.24, 2.45) is 0 Å². The summed E-state index contributed by atoms with van der Waals surface area (Å²) in [5, 5.41) is 6.67. The number of hydrogen-bond acceptors (Lipinski definition) is 5. The number of anilines is 1. The van der Waals surface area contributed by atoms with Crippen LogP contribution in [0.1, 0.15) is 28.1 Å². The van der Waals surface area contributed by atoms with Crippen molar-refractivity contribution in [2.45, 2.75) is 25.4 Å². The van der Waals surface area contributed by atoms with Gasteiger partial charge in [-0.05, 0) is 42.0 Å². The van der Waals surface area contributed by atoms with Crippen LogP contribution >= 0.6 is 11.3 Å². The van der Waals surface area contributed by atoms with Crippen LogP contribution < -0.4 is 4.90 Å². The van der Waals surface area contributed by atoms with Crippen molar-refractivity contribution >= 4 is 23.1 Å². The minimum absolute atomic E-state index is 0.0211. The summed E-state index contributed by atoms with van der Waals surface area (Å²) in [6.07, 6.45) is 5.45. The van der Waals surface area contributed by atoms with Crippen LogP contribution in [-0.4, -0.2) is 44.7 Å². The normalized spacial score (nSPS) is 15.0. The summed E-state index contributed by atoms with van der Waals surface area (Å²) in [5.74, 6) is 1.43. The maximum Gasteiger partial charge on any atom is 0.269 e. The van der Waals surface area contributed by atoms with Gasteiger partial charge in [0.1, 0.15) is 0 Å². The molecular formula is C25H25N5OS. The fraction of sp³-hybridized carbons (Fsp3) is 0.240. The molecule has 0 radical (unpaired) electrons. The third-order valence-electron chi connectivity index (χ3n) is 5.83. The van der Waals surface area contributed by atoms with Crippen molar-refractivity contribution < 1.29 is 4.79 Å². The average Bonchev–Trinajstić information content (AvgIpc) is 3.55. The van der Waals surface area contributed by atoms with Crippen molar-refractivity contribution in [3.05, 3.63) is 94.9 Å². The number of hydrogen-bond donors (Lipinski definition) is 0. The highest BCUT2D eigenvalue weighted by Crippen LogP contribution is 2.27. The van der Waals surface area contributed by atoms with Gasteiger partial charge in [-0.2, -0.15) is 0 Å². The second kappa shape index (κ2) is 9.46. The molecule has 1 aliphatic rings. The van der Waals surface area contributed by atoms with E-state index in [1.165, 1.54) is 16.9 Å². The molecule has 1 saturated heterocycles. The van der Waals surface area contributed by atoms with Gasteiger partial charge in [0.05, 0.1) is 4.88 Å². The Labute approximate surface area is 191 Å². The number of carbonyl (C=O) groups excluding carboxylic acids is 1. The quantitative estimate of drug-likeness (QED) is 0.436. The van der Waals surface area contributed by atoms with Gasteiger partial charge in [0.25, 0.3) is 5.91 Å². The molecule has 4 aromatic rings. The molecule has 0 atom stereocenters. The molecule has 4 heterocycles. The Morgan fingerprint density at radius 2 is 1.81 bits per heavy atom. The summed E-state index contributed by atoms with van der Waals surface area (Å²) in [6, 6.07) is 22.1. The minimum Gasteiger partial charge on any atom is -0.299 e. The topological polar surface area (TPSA) is 54.3 Å². The fourth-order valence-electron chi connectivity index (χ4n) is 4.21. The van der Waals surface area contributed by atoms with Crippen molar-refractivity contribution in [1.82, 2.24) is 19.7 Å². The summed E-state index contributed by atoms with van der Waals surface area (Å²) >= 11 is 1.47. The van der Waals surface area contributed by atoms with Gasteiger partial charge in [0, 0.05) is 44.1 Å². The van der Waals surface area contributed by atoms with Gasteiger partial charge in [-0.1, -0.05) is 42.5 Å². The number of benzene rings is 1. The van der Waals surface area contributed by atoms with E-state index in [-0.39, 0.29) is 11.9 Å². The molecule has 0 saturated carbocycles. The van der Waals surface area contributed by atoms with Crippen molar-refractivity contribution in [2.75, 3.05) is 18.0 Å². The molecule has 6 nitrogen and oxygen atoms in total. The van der Waals surface area contributed by atoms with Crippen LogP contribution in [0, 0.1) is 0 Å². The van der Waals surface area contributed by atoms with Crippen LogP contribution in [-0.2, 0) is 6.54 Å². The second-order valence-electron chi connectivity index (χ2n) is 7.95. The van der Waals surface area contributed by atoms with E-state index in [4.69, 9.17) is 5.10 Å². The fourth-order valence-corrected chi connectivity index (χ4v) is 4.87. The van der Waals surface area contributed by atoms with Crippen LogP contribution in [0.4, 0.5) is 5.82 Å². The monoisotopic (exact) mass is 443 g/mol. The Hall–Kier alpha value is -3.29. The van der Waals surface area contributed by atoms with E-state index < -0.39 is 0 Å². The molecule has 7 heteroatoms. The zero-order chi connectivity index (χ0) is 21.8. The lowest BCUT2D eigenvalue weighted by Gasteiger charge is -2.37. The van der Waals surface area contributed by atoms with Gasteiger partial charge in [0.15, 0.2) is 11.6 Å². The first-order valence-corrected chi connectivity index (χ1v) is 11.8.